The van der Waals surface area contributed by atoms with E-state index in [0.29, 0.717) is 12.8 Å². The molecule has 20 heavy (non-hydrogen) atoms. The standard InChI is InChI=1S/C11H12F4N2O2S/c12-7-5-8(13)10(15)11(9(7)14)20(18,19)17-3-1-6(16)2-4-17/h5-6H,1-4,16H2. The summed E-state index contributed by atoms with van der Waals surface area (Å²) in [6.07, 6.45) is 0.612. The van der Waals surface area contributed by atoms with Crippen molar-refractivity contribution in [2.45, 2.75) is 23.8 Å². The van der Waals surface area contributed by atoms with Crippen LogP contribution in [-0.2, 0) is 10.0 Å². The van der Waals surface area contributed by atoms with Crippen LogP contribution in [0, 0.1) is 23.3 Å². The van der Waals surface area contributed by atoms with Crippen molar-refractivity contribution >= 4 is 10.0 Å². The summed E-state index contributed by atoms with van der Waals surface area (Å²) in [6.45, 7) is -0.110. The van der Waals surface area contributed by atoms with Gasteiger partial charge in [0.15, 0.2) is 28.2 Å². The molecule has 0 amide bonds. The van der Waals surface area contributed by atoms with Gasteiger partial charge in [-0.3, -0.25) is 0 Å². The first-order valence-corrected chi connectivity index (χ1v) is 7.28. The summed E-state index contributed by atoms with van der Waals surface area (Å²) in [5, 5.41) is 0. The Morgan fingerprint density at radius 2 is 1.50 bits per heavy atom. The highest BCUT2D eigenvalue weighted by atomic mass is 32.2. The molecule has 0 aliphatic carbocycles. The Balaban J connectivity index is 2.50. The maximum atomic E-state index is 13.6. The first-order chi connectivity index (χ1) is 9.25. The number of piperidine rings is 1. The van der Waals surface area contributed by atoms with E-state index in [0.717, 1.165) is 4.31 Å². The molecule has 1 aromatic carbocycles. The average Bonchev–Trinajstić information content (AvgIpc) is 2.37. The normalized spacial score (nSPS) is 18.4. The molecule has 9 heteroatoms. The fourth-order valence-corrected chi connectivity index (χ4v) is 3.62. The van der Waals surface area contributed by atoms with Crippen LogP contribution in [0.3, 0.4) is 0 Å². The molecular weight excluding hydrogens is 300 g/mol. The average molecular weight is 312 g/mol. The smallest absolute Gasteiger partial charge is 0.249 e. The van der Waals surface area contributed by atoms with Gasteiger partial charge in [0.25, 0.3) is 0 Å². The second kappa shape index (κ2) is 5.30. The van der Waals surface area contributed by atoms with Gasteiger partial charge in [-0.25, -0.2) is 26.0 Å². The maximum absolute atomic E-state index is 13.6. The maximum Gasteiger partial charge on any atom is 0.249 e. The van der Waals surface area contributed by atoms with Crippen molar-refractivity contribution in [1.82, 2.24) is 4.31 Å². The summed E-state index contributed by atoms with van der Waals surface area (Å²) < 4.78 is 78.3. The SMILES string of the molecule is NC1CCN(S(=O)(=O)c2c(F)c(F)cc(F)c2F)CC1. The Kier molecular flexibility index (Phi) is 4.03. The molecule has 0 radical (unpaired) electrons. The molecule has 1 fully saturated rings. The summed E-state index contributed by atoms with van der Waals surface area (Å²) in [7, 11) is -4.64. The van der Waals surface area contributed by atoms with E-state index in [1.165, 1.54) is 0 Å². The van der Waals surface area contributed by atoms with Crippen molar-refractivity contribution in [2.24, 2.45) is 5.73 Å². The van der Waals surface area contributed by atoms with Crippen molar-refractivity contribution in [1.29, 1.82) is 0 Å². The van der Waals surface area contributed by atoms with Crippen molar-refractivity contribution in [3.05, 3.63) is 29.3 Å². The molecule has 112 valence electrons. The van der Waals surface area contributed by atoms with E-state index in [2.05, 4.69) is 0 Å². The number of benzene rings is 1. The number of nitrogens with two attached hydrogens (primary N) is 1. The molecule has 1 aromatic rings. The highest BCUT2D eigenvalue weighted by Gasteiger charge is 2.35. The van der Waals surface area contributed by atoms with E-state index >= 15 is 0 Å². The van der Waals surface area contributed by atoms with Crippen LogP contribution in [0.15, 0.2) is 11.0 Å². The predicted molar refractivity (Wildman–Crippen MR) is 62.2 cm³/mol. The third-order valence-electron chi connectivity index (χ3n) is 3.17. The van der Waals surface area contributed by atoms with Crippen LogP contribution < -0.4 is 5.73 Å². The Morgan fingerprint density at radius 1 is 1.05 bits per heavy atom. The van der Waals surface area contributed by atoms with E-state index in [-0.39, 0.29) is 25.2 Å². The van der Waals surface area contributed by atoms with E-state index in [4.69, 9.17) is 5.73 Å². The molecule has 0 saturated carbocycles. The lowest BCUT2D eigenvalue weighted by Crippen LogP contribution is -2.43. The molecule has 4 nitrogen and oxygen atoms in total. The highest BCUT2D eigenvalue weighted by Crippen LogP contribution is 2.28. The van der Waals surface area contributed by atoms with E-state index in [1.807, 2.05) is 0 Å². The van der Waals surface area contributed by atoms with Crippen LogP contribution in [0.5, 0.6) is 0 Å². The summed E-state index contributed by atoms with van der Waals surface area (Å²) >= 11 is 0. The van der Waals surface area contributed by atoms with Crippen LogP contribution in [0.1, 0.15) is 12.8 Å². The molecule has 1 aliphatic rings. The van der Waals surface area contributed by atoms with Gasteiger partial charge in [-0.15, -0.1) is 0 Å². The van der Waals surface area contributed by atoms with Crippen LogP contribution >= 0.6 is 0 Å². The monoisotopic (exact) mass is 312 g/mol. The third-order valence-corrected chi connectivity index (χ3v) is 5.09. The van der Waals surface area contributed by atoms with Gasteiger partial charge in [0.1, 0.15) is 0 Å². The zero-order valence-corrected chi connectivity index (χ0v) is 11.1. The molecule has 0 atom stereocenters. The second-order valence-electron chi connectivity index (χ2n) is 4.54. The Labute approximate surface area is 113 Å². The van der Waals surface area contributed by atoms with Gasteiger partial charge in [-0.2, -0.15) is 4.31 Å². The lowest BCUT2D eigenvalue weighted by atomic mass is 10.1. The molecule has 2 N–H and O–H groups in total. The summed E-state index contributed by atoms with van der Waals surface area (Å²) in [5.41, 5.74) is 5.60. The number of hydrogen-bond donors (Lipinski definition) is 1. The third kappa shape index (κ3) is 2.52. The van der Waals surface area contributed by atoms with E-state index < -0.39 is 38.2 Å². The topological polar surface area (TPSA) is 63.4 Å². The van der Waals surface area contributed by atoms with Crippen LogP contribution in [0.4, 0.5) is 17.6 Å². The van der Waals surface area contributed by atoms with Gasteiger partial charge in [0.2, 0.25) is 10.0 Å². The van der Waals surface area contributed by atoms with Crippen LogP contribution in [0.25, 0.3) is 0 Å². The van der Waals surface area contributed by atoms with E-state index in [1.54, 1.807) is 0 Å². The first kappa shape index (κ1) is 15.2. The number of halogens is 4. The lowest BCUT2D eigenvalue weighted by Gasteiger charge is -2.29. The molecule has 0 spiro atoms. The second-order valence-corrected chi connectivity index (χ2v) is 6.41. The van der Waals surface area contributed by atoms with Crippen LogP contribution in [0.2, 0.25) is 0 Å². The molecule has 0 bridgehead atoms. The van der Waals surface area contributed by atoms with Crippen LogP contribution in [-0.4, -0.2) is 31.9 Å². The largest absolute Gasteiger partial charge is 0.328 e. The number of nitrogens with zero attached hydrogens (tertiary/aromatic N) is 1. The van der Waals surface area contributed by atoms with Crippen molar-refractivity contribution < 1.29 is 26.0 Å². The zero-order chi connectivity index (χ0) is 15.1. The minimum Gasteiger partial charge on any atom is -0.328 e. The molecule has 1 aliphatic heterocycles. The highest BCUT2D eigenvalue weighted by molar-refractivity contribution is 7.89. The van der Waals surface area contributed by atoms with Crippen molar-refractivity contribution in [3.63, 3.8) is 0 Å². The van der Waals surface area contributed by atoms with Gasteiger partial charge in [0.05, 0.1) is 0 Å². The lowest BCUT2D eigenvalue weighted by molar-refractivity contribution is 0.315. The molecule has 1 saturated heterocycles. The van der Waals surface area contributed by atoms with E-state index in [9.17, 15) is 26.0 Å². The Morgan fingerprint density at radius 3 is 1.95 bits per heavy atom. The Bertz CT molecular complexity index is 602. The van der Waals surface area contributed by atoms with Crippen molar-refractivity contribution in [2.75, 3.05) is 13.1 Å². The predicted octanol–water partition coefficient (Wildman–Crippen LogP) is 1.35. The first-order valence-electron chi connectivity index (χ1n) is 5.84. The minimum absolute atomic E-state index is 0.0319. The summed E-state index contributed by atoms with van der Waals surface area (Å²) in [6, 6.07) is -0.240. The number of rotatable bonds is 2. The molecule has 0 unspecified atom stereocenters. The molecule has 1 heterocycles. The minimum atomic E-state index is -4.64. The Hall–Kier alpha value is -1.19. The molecule has 2 rings (SSSR count). The number of sulfonamides is 1. The number of hydrogen-bond acceptors (Lipinski definition) is 3. The quantitative estimate of drug-likeness (QED) is 0.662. The summed E-state index contributed by atoms with van der Waals surface area (Å²) in [5.74, 6) is -7.34. The van der Waals surface area contributed by atoms with Gasteiger partial charge in [-0.1, -0.05) is 0 Å². The van der Waals surface area contributed by atoms with Gasteiger partial charge < -0.3 is 5.73 Å². The van der Waals surface area contributed by atoms with Gasteiger partial charge in [0, 0.05) is 25.2 Å². The molecular formula is C11H12F4N2O2S. The molecule has 0 aromatic heterocycles. The summed E-state index contributed by atoms with van der Waals surface area (Å²) in [4.78, 5) is -1.59. The van der Waals surface area contributed by atoms with Gasteiger partial charge >= 0.3 is 0 Å². The fraction of sp³-hybridized carbons (Fsp3) is 0.455. The van der Waals surface area contributed by atoms with Gasteiger partial charge in [-0.05, 0) is 12.8 Å². The zero-order valence-electron chi connectivity index (χ0n) is 10.2. The van der Waals surface area contributed by atoms with Crippen molar-refractivity contribution in [3.8, 4) is 0 Å². The fourth-order valence-electron chi connectivity index (χ4n) is 2.02.